The Morgan fingerprint density at radius 1 is 1.03 bits per heavy atom. The molecule has 4 rings (SSSR count). The van der Waals surface area contributed by atoms with E-state index >= 15 is 0 Å². The van der Waals surface area contributed by atoms with Crippen LogP contribution in [0.5, 0.6) is 0 Å². The van der Waals surface area contributed by atoms with Gasteiger partial charge in [-0.25, -0.2) is 4.39 Å². The van der Waals surface area contributed by atoms with E-state index in [1.165, 1.54) is 36.4 Å². The number of hydrogen-bond donors (Lipinski definition) is 1. The Morgan fingerprint density at radius 3 is 2.43 bits per heavy atom. The largest absolute Gasteiger partial charge is 0.366 e. The summed E-state index contributed by atoms with van der Waals surface area (Å²) < 4.78 is 14.0. The molecule has 180 valence electrons. The highest BCUT2D eigenvalue weighted by molar-refractivity contribution is 6.31. The molecule has 1 N–H and O–H groups in total. The van der Waals surface area contributed by atoms with Gasteiger partial charge >= 0.3 is 0 Å². The van der Waals surface area contributed by atoms with Gasteiger partial charge in [0.25, 0.3) is 17.5 Å². The summed E-state index contributed by atoms with van der Waals surface area (Å²) in [7, 11) is 0. The SMILES string of the molecule is Cc1ccc(C(=O)Nc2cc(Cl)ccc2N2CCN(C(=O)c3ccccc3F)CC2)cc1[N+](=O)[O-]. The molecule has 0 aliphatic carbocycles. The monoisotopic (exact) mass is 496 g/mol. The lowest BCUT2D eigenvalue weighted by Crippen LogP contribution is -2.49. The molecule has 10 heteroatoms. The number of halogens is 2. The van der Waals surface area contributed by atoms with E-state index in [0.29, 0.717) is 48.1 Å². The number of hydrogen-bond acceptors (Lipinski definition) is 5. The first-order valence-corrected chi connectivity index (χ1v) is 11.3. The van der Waals surface area contributed by atoms with E-state index in [4.69, 9.17) is 11.6 Å². The average molecular weight is 497 g/mol. The third kappa shape index (κ3) is 5.25. The first-order chi connectivity index (χ1) is 16.7. The molecule has 3 aromatic rings. The predicted molar refractivity (Wildman–Crippen MR) is 132 cm³/mol. The fourth-order valence-electron chi connectivity index (χ4n) is 3.98. The Labute approximate surface area is 206 Å². The van der Waals surface area contributed by atoms with Gasteiger partial charge in [0, 0.05) is 48.4 Å². The van der Waals surface area contributed by atoms with E-state index in [0.717, 1.165) is 0 Å². The molecule has 35 heavy (non-hydrogen) atoms. The minimum atomic E-state index is -0.557. The fraction of sp³-hybridized carbons (Fsp3) is 0.200. The van der Waals surface area contributed by atoms with Gasteiger partial charge in [-0.1, -0.05) is 29.8 Å². The zero-order valence-electron chi connectivity index (χ0n) is 18.8. The Bertz CT molecular complexity index is 1310. The third-order valence-electron chi connectivity index (χ3n) is 5.89. The van der Waals surface area contributed by atoms with E-state index in [1.54, 1.807) is 36.1 Å². The molecule has 0 aromatic heterocycles. The molecule has 3 aromatic carbocycles. The van der Waals surface area contributed by atoms with Gasteiger partial charge in [-0.05, 0) is 43.3 Å². The number of rotatable bonds is 5. The Morgan fingerprint density at radius 2 is 1.74 bits per heavy atom. The van der Waals surface area contributed by atoms with Crippen molar-refractivity contribution in [3.05, 3.63) is 98.3 Å². The summed E-state index contributed by atoms with van der Waals surface area (Å²) in [6.45, 7) is 3.26. The van der Waals surface area contributed by atoms with Gasteiger partial charge in [0.05, 0.1) is 21.9 Å². The quantitative estimate of drug-likeness (QED) is 0.400. The highest BCUT2D eigenvalue weighted by Crippen LogP contribution is 2.31. The van der Waals surface area contributed by atoms with Crippen molar-refractivity contribution in [3.63, 3.8) is 0 Å². The van der Waals surface area contributed by atoms with Gasteiger partial charge in [-0.15, -0.1) is 0 Å². The van der Waals surface area contributed by atoms with Crippen LogP contribution in [-0.4, -0.2) is 47.8 Å². The second-order valence-corrected chi connectivity index (χ2v) is 8.57. The van der Waals surface area contributed by atoms with Gasteiger partial charge in [0.15, 0.2) is 0 Å². The maximum Gasteiger partial charge on any atom is 0.273 e. The lowest BCUT2D eigenvalue weighted by Gasteiger charge is -2.37. The number of carbonyl (C=O) groups is 2. The molecule has 0 spiro atoms. The van der Waals surface area contributed by atoms with Crippen LogP contribution in [0.2, 0.25) is 5.02 Å². The molecular formula is C25H22ClFN4O4. The molecule has 8 nitrogen and oxygen atoms in total. The number of aryl methyl sites for hydroxylation is 1. The zero-order chi connectivity index (χ0) is 25.1. The number of piperazine rings is 1. The summed E-state index contributed by atoms with van der Waals surface area (Å²) in [5.41, 5.74) is 1.64. The molecule has 0 saturated carbocycles. The molecule has 1 saturated heterocycles. The van der Waals surface area contributed by atoms with Gasteiger partial charge in [-0.3, -0.25) is 19.7 Å². The number of carbonyl (C=O) groups excluding carboxylic acids is 2. The zero-order valence-corrected chi connectivity index (χ0v) is 19.6. The summed E-state index contributed by atoms with van der Waals surface area (Å²) in [6.07, 6.45) is 0. The minimum absolute atomic E-state index is 0.0348. The highest BCUT2D eigenvalue weighted by Gasteiger charge is 2.26. The lowest BCUT2D eigenvalue weighted by molar-refractivity contribution is -0.385. The lowest BCUT2D eigenvalue weighted by atomic mass is 10.1. The first-order valence-electron chi connectivity index (χ1n) is 10.9. The topological polar surface area (TPSA) is 95.8 Å². The van der Waals surface area contributed by atoms with E-state index < -0.39 is 16.6 Å². The van der Waals surface area contributed by atoms with Crippen molar-refractivity contribution < 1.29 is 18.9 Å². The van der Waals surface area contributed by atoms with E-state index in [9.17, 15) is 24.1 Å². The summed E-state index contributed by atoms with van der Waals surface area (Å²) in [5, 5.41) is 14.5. The standard InChI is InChI=1S/C25H22ClFN4O4/c1-16-6-7-17(14-23(16)31(34)35)24(32)28-21-15-18(26)8-9-22(21)29-10-12-30(13-11-29)25(33)19-4-2-3-5-20(19)27/h2-9,14-15H,10-13H2,1H3,(H,28,32). The summed E-state index contributed by atoms with van der Waals surface area (Å²) in [6, 6.07) is 15.2. The molecule has 0 radical (unpaired) electrons. The van der Waals surface area contributed by atoms with Gasteiger partial charge in [-0.2, -0.15) is 0 Å². The van der Waals surface area contributed by atoms with Crippen molar-refractivity contribution in [2.45, 2.75) is 6.92 Å². The van der Waals surface area contributed by atoms with Crippen LogP contribution in [0.4, 0.5) is 21.5 Å². The van der Waals surface area contributed by atoms with Crippen molar-refractivity contribution >= 4 is 40.5 Å². The van der Waals surface area contributed by atoms with E-state index in [-0.39, 0.29) is 22.7 Å². The van der Waals surface area contributed by atoms with Crippen LogP contribution in [0.15, 0.2) is 60.7 Å². The number of nitrogens with one attached hydrogen (secondary N) is 1. The molecule has 1 heterocycles. The van der Waals surface area contributed by atoms with Gasteiger partial charge in [0.1, 0.15) is 5.82 Å². The van der Waals surface area contributed by atoms with Crippen molar-refractivity contribution in [3.8, 4) is 0 Å². The van der Waals surface area contributed by atoms with Crippen molar-refractivity contribution in [2.75, 3.05) is 36.4 Å². The van der Waals surface area contributed by atoms with Crippen LogP contribution in [0.25, 0.3) is 0 Å². The van der Waals surface area contributed by atoms with Crippen LogP contribution >= 0.6 is 11.6 Å². The Balaban J connectivity index is 1.50. The Hall–Kier alpha value is -3.98. The maximum atomic E-state index is 14.0. The summed E-state index contributed by atoms with van der Waals surface area (Å²) in [5.74, 6) is -1.43. The van der Waals surface area contributed by atoms with Gasteiger partial charge < -0.3 is 15.1 Å². The molecule has 0 atom stereocenters. The first kappa shape index (κ1) is 24.2. The van der Waals surface area contributed by atoms with Crippen molar-refractivity contribution in [1.82, 2.24) is 4.90 Å². The molecule has 1 fully saturated rings. The second-order valence-electron chi connectivity index (χ2n) is 8.13. The third-order valence-corrected chi connectivity index (χ3v) is 6.12. The van der Waals surface area contributed by atoms with Gasteiger partial charge in [0.2, 0.25) is 0 Å². The smallest absolute Gasteiger partial charge is 0.273 e. The van der Waals surface area contributed by atoms with Crippen LogP contribution in [-0.2, 0) is 0 Å². The van der Waals surface area contributed by atoms with Crippen molar-refractivity contribution in [1.29, 1.82) is 0 Å². The number of nitro benzene ring substituents is 1. The number of benzene rings is 3. The number of anilines is 2. The molecule has 2 amide bonds. The summed E-state index contributed by atoms with van der Waals surface area (Å²) >= 11 is 6.17. The van der Waals surface area contributed by atoms with E-state index in [1.807, 2.05) is 4.90 Å². The molecule has 0 unspecified atom stereocenters. The van der Waals surface area contributed by atoms with E-state index in [2.05, 4.69) is 5.32 Å². The molecular weight excluding hydrogens is 475 g/mol. The summed E-state index contributed by atoms with van der Waals surface area (Å²) in [4.78, 5) is 39.9. The number of nitrogens with zero attached hydrogens (tertiary/aromatic N) is 3. The molecule has 0 bridgehead atoms. The highest BCUT2D eigenvalue weighted by atomic mass is 35.5. The molecule has 1 aliphatic heterocycles. The van der Waals surface area contributed by atoms with Crippen LogP contribution in [0, 0.1) is 22.9 Å². The fourth-order valence-corrected chi connectivity index (χ4v) is 4.15. The minimum Gasteiger partial charge on any atom is -0.366 e. The average Bonchev–Trinajstić information content (AvgIpc) is 2.84. The second kappa shape index (κ2) is 10.1. The normalized spacial score (nSPS) is 13.5. The van der Waals surface area contributed by atoms with Crippen LogP contribution < -0.4 is 10.2 Å². The maximum absolute atomic E-state index is 14.0. The van der Waals surface area contributed by atoms with Crippen LogP contribution in [0.3, 0.4) is 0 Å². The number of amides is 2. The predicted octanol–water partition coefficient (Wildman–Crippen LogP) is 4.91. The Kier molecular flexibility index (Phi) is 6.97. The molecule has 1 aliphatic rings. The van der Waals surface area contributed by atoms with Crippen LogP contribution in [0.1, 0.15) is 26.3 Å². The number of nitro groups is 1. The van der Waals surface area contributed by atoms with Crippen molar-refractivity contribution in [2.24, 2.45) is 0 Å².